The number of aromatic nitrogens is 5. The van der Waals surface area contributed by atoms with Gasteiger partial charge < -0.3 is 4.42 Å². The zero-order chi connectivity index (χ0) is 18.3. The summed E-state index contributed by atoms with van der Waals surface area (Å²) < 4.78 is 9.04. The summed E-state index contributed by atoms with van der Waals surface area (Å²) in [6.07, 6.45) is 3.39. The van der Waals surface area contributed by atoms with Crippen molar-refractivity contribution < 1.29 is 4.42 Å². The fourth-order valence-electron chi connectivity index (χ4n) is 2.74. The van der Waals surface area contributed by atoms with Gasteiger partial charge in [-0.05, 0) is 26.8 Å². The van der Waals surface area contributed by atoms with Gasteiger partial charge in [-0.3, -0.25) is 13.8 Å². The van der Waals surface area contributed by atoms with E-state index in [0.29, 0.717) is 10.7 Å². The molecule has 0 aliphatic rings. The summed E-state index contributed by atoms with van der Waals surface area (Å²) in [6, 6.07) is 3.67. The number of aryl methyl sites for hydroxylation is 1. The van der Waals surface area contributed by atoms with E-state index in [4.69, 9.17) is 4.42 Å². The molecule has 9 heteroatoms. The highest BCUT2D eigenvalue weighted by atomic mass is 32.2. The van der Waals surface area contributed by atoms with Gasteiger partial charge in [0, 0.05) is 29.4 Å². The van der Waals surface area contributed by atoms with E-state index in [2.05, 4.69) is 33.6 Å². The fraction of sp³-hybridized carbons (Fsp3) is 0.294. The van der Waals surface area contributed by atoms with Crippen LogP contribution in [0, 0.1) is 6.92 Å². The van der Waals surface area contributed by atoms with Gasteiger partial charge in [-0.1, -0.05) is 11.8 Å². The molecule has 4 aromatic heterocycles. The van der Waals surface area contributed by atoms with Crippen LogP contribution in [0.25, 0.3) is 16.3 Å². The van der Waals surface area contributed by atoms with E-state index in [0.717, 1.165) is 28.0 Å². The van der Waals surface area contributed by atoms with Crippen LogP contribution in [0.3, 0.4) is 0 Å². The molecule has 0 spiro atoms. The lowest BCUT2D eigenvalue weighted by molar-refractivity contribution is 0.531. The second kappa shape index (κ2) is 6.73. The molecule has 0 unspecified atom stereocenters. The first-order valence-corrected chi connectivity index (χ1v) is 9.99. The lowest BCUT2D eigenvalue weighted by Gasteiger charge is -2.13. The van der Waals surface area contributed by atoms with Crippen LogP contribution in [-0.2, 0) is 5.75 Å². The second-order valence-corrected chi connectivity index (χ2v) is 7.91. The maximum atomic E-state index is 12.1. The van der Waals surface area contributed by atoms with Crippen LogP contribution in [0.2, 0.25) is 0 Å². The van der Waals surface area contributed by atoms with Gasteiger partial charge >= 0.3 is 0 Å². The summed E-state index contributed by atoms with van der Waals surface area (Å²) >= 11 is 2.97. The molecule has 4 heterocycles. The van der Waals surface area contributed by atoms with E-state index in [1.54, 1.807) is 22.9 Å². The van der Waals surface area contributed by atoms with E-state index in [1.165, 1.54) is 23.1 Å². The zero-order valence-corrected chi connectivity index (χ0v) is 16.2. The molecular formula is C17H17N5O2S2. The number of fused-ring (bicyclic) bond motifs is 1. The van der Waals surface area contributed by atoms with Crippen LogP contribution in [0.4, 0.5) is 0 Å². The van der Waals surface area contributed by atoms with Crippen molar-refractivity contribution in [2.24, 2.45) is 0 Å². The number of nitrogens with zero attached hydrogens (tertiary/aromatic N) is 5. The fourth-order valence-corrected chi connectivity index (χ4v) is 4.44. The first-order valence-electron chi connectivity index (χ1n) is 8.12. The first kappa shape index (κ1) is 17.0. The lowest BCUT2D eigenvalue weighted by atomic mass is 10.2. The maximum Gasteiger partial charge on any atom is 0.258 e. The van der Waals surface area contributed by atoms with Gasteiger partial charge in [0.1, 0.15) is 5.76 Å². The van der Waals surface area contributed by atoms with Crippen LogP contribution in [-0.4, -0.2) is 24.1 Å². The molecule has 0 aromatic carbocycles. The van der Waals surface area contributed by atoms with Gasteiger partial charge in [-0.25, -0.2) is 4.98 Å². The Kier molecular flexibility index (Phi) is 4.41. The number of hydrogen-bond donors (Lipinski definition) is 0. The minimum Gasteiger partial charge on any atom is -0.469 e. The predicted octanol–water partition coefficient (Wildman–Crippen LogP) is 3.79. The SMILES string of the molecule is Cc1occc1-c1nnc(SCc2cc(=O)n3ccsc3n2)n1C(C)C. The third kappa shape index (κ3) is 2.97. The average molecular weight is 387 g/mol. The summed E-state index contributed by atoms with van der Waals surface area (Å²) in [6.45, 7) is 6.10. The topological polar surface area (TPSA) is 78.2 Å². The monoisotopic (exact) mass is 387 g/mol. The predicted molar refractivity (Wildman–Crippen MR) is 102 cm³/mol. The number of thiazole rings is 1. The van der Waals surface area contributed by atoms with Crippen molar-refractivity contribution in [2.75, 3.05) is 0 Å². The van der Waals surface area contributed by atoms with Crippen LogP contribution in [0.1, 0.15) is 31.3 Å². The zero-order valence-electron chi connectivity index (χ0n) is 14.5. The molecule has 0 radical (unpaired) electrons. The third-order valence-corrected chi connectivity index (χ3v) is 5.72. The Morgan fingerprint density at radius 3 is 2.92 bits per heavy atom. The molecule has 0 N–H and O–H groups in total. The van der Waals surface area contributed by atoms with E-state index in [1.807, 2.05) is 18.4 Å². The minimum absolute atomic E-state index is 0.0631. The molecule has 7 nitrogen and oxygen atoms in total. The number of hydrogen-bond acceptors (Lipinski definition) is 7. The Morgan fingerprint density at radius 1 is 1.35 bits per heavy atom. The molecule has 26 heavy (non-hydrogen) atoms. The molecule has 0 aliphatic carbocycles. The van der Waals surface area contributed by atoms with Crippen LogP contribution >= 0.6 is 23.1 Å². The van der Waals surface area contributed by atoms with E-state index < -0.39 is 0 Å². The highest BCUT2D eigenvalue weighted by molar-refractivity contribution is 7.98. The molecule has 4 aromatic rings. The van der Waals surface area contributed by atoms with Crippen LogP contribution in [0.5, 0.6) is 0 Å². The van der Waals surface area contributed by atoms with Crippen molar-refractivity contribution in [1.82, 2.24) is 24.1 Å². The normalized spacial score (nSPS) is 11.7. The summed E-state index contributed by atoms with van der Waals surface area (Å²) in [5, 5.41) is 11.4. The highest BCUT2D eigenvalue weighted by Gasteiger charge is 2.19. The molecule has 0 saturated heterocycles. The van der Waals surface area contributed by atoms with Gasteiger partial charge in [-0.15, -0.1) is 21.5 Å². The quantitative estimate of drug-likeness (QED) is 0.485. The highest BCUT2D eigenvalue weighted by Crippen LogP contribution is 2.31. The van der Waals surface area contributed by atoms with Gasteiger partial charge in [0.25, 0.3) is 5.56 Å². The van der Waals surface area contributed by atoms with Crippen molar-refractivity contribution in [3.8, 4) is 11.4 Å². The summed E-state index contributed by atoms with van der Waals surface area (Å²) in [5.41, 5.74) is 1.61. The second-order valence-electron chi connectivity index (χ2n) is 6.09. The van der Waals surface area contributed by atoms with Crippen molar-refractivity contribution >= 4 is 28.1 Å². The van der Waals surface area contributed by atoms with Gasteiger partial charge in [0.15, 0.2) is 15.9 Å². The molecule has 134 valence electrons. The molecular weight excluding hydrogens is 370 g/mol. The molecule has 0 atom stereocenters. The lowest BCUT2D eigenvalue weighted by Crippen LogP contribution is -2.12. The van der Waals surface area contributed by atoms with Crippen LogP contribution in [0.15, 0.2) is 44.3 Å². The smallest absolute Gasteiger partial charge is 0.258 e. The van der Waals surface area contributed by atoms with Crippen molar-refractivity contribution in [3.05, 3.63) is 51.8 Å². The van der Waals surface area contributed by atoms with E-state index in [-0.39, 0.29) is 11.6 Å². The largest absolute Gasteiger partial charge is 0.469 e. The Labute approximate surface area is 157 Å². The first-order chi connectivity index (χ1) is 12.5. The Morgan fingerprint density at radius 2 is 2.19 bits per heavy atom. The molecule has 0 fully saturated rings. The number of furan rings is 1. The van der Waals surface area contributed by atoms with Gasteiger partial charge in [0.05, 0.1) is 17.5 Å². The molecule has 0 aliphatic heterocycles. The molecule has 0 amide bonds. The van der Waals surface area contributed by atoms with Gasteiger partial charge in [-0.2, -0.15) is 0 Å². The summed E-state index contributed by atoms with van der Waals surface area (Å²) in [7, 11) is 0. The average Bonchev–Trinajstić information content (AvgIpc) is 3.31. The summed E-state index contributed by atoms with van der Waals surface area (Å²) in [4.78, 5) is 17.4. The van der Waals surface area contributed by atoms with E-state index in [9.17, 15) is 4.79 Å². The minimum atomic E-state index is -0.0631. The van der Waals surface area contributed by atoms with Crippen molar-refractivity contribution in [3.63, 3.8) is 0 Å². The standard InChI is InChI=1S/C17H17N5O2S2/c1-10(2)22-15(13-4-6-24-11(13)3)19-20-17(22)26-9-12-8-14(23)21-5-7-25-16(21)18-12/h4-8,10H,9H2,1-3H3. The third-order valence-electron chi connectivity index (χ3n) is 3.99. The maximum absolute atomic E-state index is 12.1. The number of rotatable bonds is 5. The van der Waals surface area contributed by atoms with Crippen molar-refractivity contribution in [2.45, 2.75) is 37.7 Å². The molecule has 4 rings (SSSR count). The number of thioether (sulfide) groups is 1. The van der Waals surface area contributed by atoms with Crippen LogP contribution < -0.4 is 5.56 Å². The summed E-state index contributed by atoms with van der Waals surface area (Å²) in [5.74, 6) is 2.16. The molecule has 0 bridgehead atoms. The Balaban J connectivity index is 1.65. The Hall–Kier alpha value is -2.39. The Bertz CT molecular complexity index is 1120. The molecule has 0 saturated carbocycles. The van der Waals surface area contributed by atoms with E-state index >= 15 is 0 Å². The van der Waals surface area contributed by atoms with Gasteiger partial charge in [0.2, 0.25) is 0 Å². The van der Waals surface area contributed by atoms with Crippen molar-refractivity contribution in [1.29, 1.82) is 0 Å².